The summed E-state index contributed by atoms with van der Waals surface area (Å²) in [6, 6.07) is 5.21. The zero-order valence-electron chi connectivity index (χ0n) is 21.1. The van der Waals surface area contributed by atoms with Crippen molar-refractivity contribution in [3.05, 3.63) is 62.3 Å². The predicted molar refractivity (Wildman–Crippen MR) is 132 cm³/mol. The van der Waals surface area contributed by atoms with Crippen LogP contribution in [0.3, 0.4) is 0 Å². The molecule has 0 saturated heterocycles. The maximum Gasteiger partial charge on any atom is 0.0179 e. The Hall–Kier alpha value is -0.690. The van der Waals surface area contributed by atoms with Gasteiger partial charge in [-0.2, -0.15) is 0 Å². The smallest absolute Gasteiger partial charge is 0.0179 e. The van der Waals surface area contributed by atoms with Crippen molar-refractivity contribution in [1.82, 2.24) is 0 Å². The van der Waals surface area contributed by atoms with Crippen LogP contribution in [0.2, 0.25) is 0 Å². The van der Waals surface area contributed by atoms with Gasteiger partial charge < -0.3 is 0 Å². The van der Waals surface area contributed by atoms with E-state index in [9.17, 15) is 0 Å². The molecule has 0 bridgehead atoms. The Balaban J connectivity index is 0.00000272. The van der Waals surface area contributed by atoms with Crippen LogP contribution in [0, 0.1) is 5.41 Å². The molecule has 3 aliphatic carbocycles. The molecule has 1 aromatic rings. The van der Waals surface area contributed by atoms with Gasteiger partial charge in [0.15, 0.2) is 0 Å². The molecule has 0 fully saturated rings. The minimum absolute atomic E-state index is 0. The summed E-state index contributed by atoms with van der Waals surface area (Å²) < 4.78 is 0. The van der Waals surface area contributed by atoms with E-state index in [1.807, 2.05) is 0 Å². The molecule has 3 aliphatic rings. The Kier molecular flexibility index (Phi) is 7.47. The van der Waals surface area contributed by atoms with Crippen LogP contribution in [0.5, 0.6) is 0 Å². The maximum absolute atomic E-state index is 2.65. The normalized spacial score (nSPS) is 24.2. The van der Waals surface area contributed by atoms with Crippen LogP contribution in [-0.2, 0) is 44.1 Å². The van der Waals surface area contributed by atoms with Crippen LogP contribution in [-0.4, -0.2) is 0 Å². The summed E-state index contributed by atoms with van der Waals surface area (Å²) in [6.45, 7) is 16.8. The molecule has 1 aromatic carbocycles. The molecule has 1 atom stereocenters. The first kappa shape index (κ1) is 24.9. The van der Waals surface area contributed by atoms with Crippen LogP contribution in [0.1, 0.15) is 116 Å². The number of fused-ring (bicyclic) bond motifs is 2. The number of hydrogen-bond donors (Lipinski definition) is 0. The maximum atomic E-state index is 2.65. The minimum atomic E-state index is 0. The molecule has 4 rings (SSSR count). The summed E-state index contributed by atoms with van der Waals surface area (Å²) >= 11 is 0. The molecule has 0 N–H and O–H groups in total. The zero-order chi connectivity index (χ0) is 21.7. The van der Waals surface area contributed by atoms with E-state index in [1.165, 1.54) is 74.5 Å². The third kappa shape index (κ3) is 3.96. The fraction of sp³-hybridized carbons (Fsp3) is 0.600. The molecule has 0 amide bonds. The van der Waals surface area contributed by atoms with Gasteiger partial charge in [-0.15, -0.1) is 0 Å². The van der Waals surface area contributed by atoms with Gasteiger partial charge in [0, 0.05) is 36.7 Å². The monoisotopic (exact) mass is 582 g/mol. The van der Waals surface area contributed by atoms with Gasteiger partial charge in [0.2, 0.25) is 0 Å². The standard InChI is InChI=1S/C30H42.Hf/c1-8-9-12-15-30(19-29(7)23(5)21(3)22(4)24(29)6)20(2)16-27-17-25-13-10-11-14-26(25)18-28(27)30;/h16-18H,8-15,19H2,1-7H3;. The molecule has 0 nitrogen and oxygen atoms in total. The predicted octanol–water partition coefficient (Wildman–Crippen LogP) is 8.88. The van der Waals surface area contributed by atoms with E-state index < -0.39 is 0 Å². The second-order valence-electron chi connectivity index (χ2n) is 10.8. The Labute approximate surface area is 210 Å². The van der Waals surface area contributed by atoms with Crippen molar-refractivity contribution in [2.24, 2.45) is 5.41 Å². The van der Waals surface area contributed by atoms with Crippen LogP contribution >= 0.6 is 0 Å². The number of benzene rings is 1. The molecule has 1 unspecified atom stereocenters. The topological polar surface area (TPSA) is 0 Å². The fourth-order valence-electron chi connectivity index (χ4n) is 6.79. The zero-order valence-corrected chi connectivity index (χ0v) is 24.7. The van der Waals surface area contributed by atoms with E-state index in [0.29, 0.717) is 0 Å². The number of unbranched alkanes of at least 4 members (excludes halogenated alkanes) is 2. The van der Waals surface area contributed by atoms with Crippen molar-refractivity contribution < 1.29 is 25.8 Å². The second kappa shape index (κ2) is 9.28. The Bertz CT molecular complexity index is 931. The van der Waals surface area contributed by atoms with Crippen molar-refractivity contribution >= 4 is 6.08 Å². The van der Waals surface area contributed by atoms with E-state index in [2.05, 4.69) is 66.7 Å². The molecular formula is C30H42Hf. The van der Waals surface area contributed by atoms with Gasteiger partial charge in [-0.1, -0.05) is 68.0 Å². The van der Waals surface area contributed by atoms with E-state index in [-0.39, 0.29) is 36.7 Å². The van der Waals surface area contributed by atoms with Gasteiger partial charge in [-0.05, 0) is 107 Å². The van der Waals surface area contributed by atoms with Gasteiger partial charge in [0.25, 0.3) is 0 Å². The Morgan fingerprint density at radius 3 is 2.00 bits per heavy atom. The summed E-state index contributed by atoms with van der Waals surface area (Å²) in [5.74, 6) is 0. The molecule has 0 saturated carbocycles. The molecule has 0 aromatic heterocycles. The average molecular weight is 581 g/mol. The first-order valence-electron chi connectivity index (χ1n) is 12.5. The van der Waals surface area contributed by atoms with Crippen molar-refractivity contribution in [3.63, 3.8) is 0 Å². The Morgan fingerprint density at radius 1 is 0.839 bits per heavy atom. The van der Waals surface area contributed by atoms with Crippen molar-refractivity contribution in [2.75, 3.05) is 0 Å². The van der Waals surface area contributed by atoms with E-state index >= 15 is 0 Å². The van der Waals surface area contributed by atoms with Gasteiger partial charge in [-0.3, -0.25) is 0 Å². The van der Waals surface area contributed by atoms with Gasteiger partial charge in [0.05, 0.1) is 0 Å². The summed E-state index contributed by atoms with van der Waals surface area (Å²) in [7, 11) is 0. The Morgan fingerprint density at radius 2 is 1.42 bits per heavy atom. The molecule has 31 heavy (non-hydrogen) atoms. The van der Waals surface area contributed by atoms with E-state index in [0.717, 1.165) is 0 Å². The number of allylic oxidation sites excluding steroid dienone is 5. The summed E-state index contributed by atoms with van der Waals surface area (Å²) in [5.41, 5.74) is 14.7. The summed E-state index contributed by atoms with van der Waals surface area (Å²) in [6.07, 6.45) is 14.3. The average Bonchev–Trinajstić information content (AvgIpc) is 3.06. The molecule has 0 radical (unpaired) electrons. The second-order valence-corrected chi connectivity index (χ2v) is 10.8. The molecule has 1 heteroatoms. The van der Waals surface area contributed by atoms with E-state index in [1.54, 1.807) is 33.4 Å². The van der Waals surface area contributed by atoms with Crippen LogP contribution in [0.4, 0.5) is 0 Å². The number of rotatable bonds is 6. The van der Waals surface area contributed by atoms with E-state index in [4.69, 9.17) is 0 Å². The van der Waals surface area contributed by atoms with Crippen molar-refractivity contribution in [1.29, 1.82) is 0 Å². The third-order valence-electron chi connectivity index (χ3n) is 9.36. The molecule has 0 heterocycles. The SMILES string of the molecule is CCCCCC1(CC2(C)C(C)=C(C)C(C)=C2C)C(C)=Cc2cc3c(cc21)CCCC3.[Hf]. The molecule has 0 aliphatic heterocycles. The number of aryl methyl sites for hydroxylation is 2. The van der Waals surface area contributed by atoms with Gasteiger partial charge >= 0.3 is 0 Å². The molecule has 166 valence electrons. The first-order valence-corrected chi connectivity index (χ1v) is 12.5. The molecular weight excluding hydrogens is 539 g/mol. The van der Waals surface area contributed by atoms with Gasteiger partial charge in [0.1, 0.15) is 0 Å². The minimum Gasteiger partial charge on any atom is -0.0654 e. The largest absolute Gasteiger partial charge is 0.0654 e. The van der Waals surface area contributed by atoms with Crippen LogP contribution in [0.25, 0.3) is 6.08 Å². The van der Waals surface area contributed by atoms with Crippen LogP contribution in [0.15, 0.2) is 40.0 Å². The fourth-order valence-corrected chi connectivity index (χ4v) is 6.79. The summed E-state index contributed by atoms with van der Waals surface area (Å²) in [5, 5.41) is 0. The van der Waals surface area contributed by atoms with Crippen LogP contribution < -0.4 is 0 Å². The summed E-state index contributed by atoms with van der Waals surface area (Å²) in [4.78, 5) is 0. The third-order valence-corrected chi connectivity index (χ3v) is 9.36. The van der Waals surface area contributed by atoms with Crippen molar-refractivity contribution in [3.8, 4) is 0 Å². The van der Waals surface area contributed by atoms with Gasteiger partial charge in [-0.25, -0.2) is 0 Å². The first-order chi connectivity index (χ1) is 14.2. The number of hydrogen-bond acceptors (Lipinski definition) is 0. The molecule has 0 spiro atoms. The quantitative estimate of drug-likeness (QED) is 0.233. The van der Waals surface area contributed by atoms with Crippen molar-refractivity contribution in [2.45, 2.75) is 112 Å².